The molecule has 0 bridgehead atoms. The van der Waals surface area contributed by atoms with E-state index in [0.29, 0.717) is 6.42 Å². The second kappa shape index (κ2) is 10.2. The van der Waals surface area contributed by atoms with Gasteiger partial charge in [0.15, 0.2) is 0 Å². The average Bonchev–Trinajstić information content (AvgIpc) is 2.97. The lowest BCUT2D eigenvalue weighted by Gasteiger charge is -2.33. The van der Waals surface area contributed by atoms with Crippen molar-refractivity contribution in [1.82, 2.24) is 14.5 Å². The first-order chi connectivity index (χ1) is 16.4. The molecule has 0 radical (unpaired) electrons. The van der Waals surface area contributed by atoms with Crippen molar-refractivity contribution in [1.29, 1.82) is 0 Å². The van der Waals surface area contributed by atoms with Crippen LogP contribution in [-0.2, 0) is 26.2 Å². The van der Waals surface area contributed by atoms with E-state index in [2.05, 4.69) is 5.32 Å². The van der Waals surface area contributed by atoms with E-state index in [1.807, 2.05) is 58.9 Å². The van der Waals surface area contributed by atoms with Crippen molar-refractivity contribution in [2.75, 3.05) is 6.54 Å². The Hall–Kier alpha value is -3.20. The lowest BCUT2D eigenvalue weighted by Crippen LogP contribution is -2.53. The maximum Gasteiger partial charge on any atom is 0.269 e. The zero-order chi connectivity index (χ0) is 26.0. The predicted molar refractivity (Wildman–Crippen MR) is 133 cm³/mol. The number of fused-ring (bicyclic) bond motifs is 1. The van der Waals surface area contributed by atoms with Crippen molar-refractivity contribution in [3.63, 3.8) is 0 Å². The molecule has 1 aliphatic rings. The average molecular weight is 500 g/mol. The highest BCUT2D eigenvalue weighted by molar-refractivity contribution is 7.90. The van der Waals surface area contributed by atoms with E-state index >= 15 is 0 Å². The molecule has 0 fully saturated rings. The minimum absolute atomic E-state index is 0.0507. The van der Waals surface area contributed by atoms with E-state index in [0.717, 1.165) is 15.4 Å². The topological polar surface area (TPSA) is 104 Å². The van der Waals surface area contributed by atoms with Crippen molar-refractivity contribution >= 4 is 27.7 Å². The maximum atomic E-state index is 13.5. The van der Waals surface area contributed by atoms with Crippen LogP contribution in [0.25, 0.3) is 0 Å². The molecule has 2 aromatic carbocycles. The van der Waals surface area contributed by atoms with E-state index in [1.165, 1.54) is 17.0 Å². The summed E-state index contributed by atoms with van der Waals surface area (Å²) in [5, 5.41) is 2.94. The van der Waals surface area contributed by atoms with Crippen LogP contribution in [0.5, 0.6) is 0 Å². The van der Waals surface area contributed by atoms with Crippen LogP contribution < -0.4 is 5.32 Å². The fraction of sp³-hybridized carbons (Fsp3) is 0.423. The number of benzene rings is 2. The number of amides is 3. The van der Waals surface area contributed by atoms with E-state index < -0.39 is 33.4 Å². The predicted octanol–water partition coefficient (Wildman–Crippen LogP) is 3.25. The van der Waals surface area contributed by atoms with Gasteiger partial charge in [-0.05, 0) is 57.4 Å². The Kier molecular flexibility index (Phi) is 7.69. The summed E-state index contributed by atoms with van der Waals surface area (Å²) in [6.07, 6.45) is 0.149. The van der Waals surface area contributed by atoms with Gasteiger partial charge in [-0.2, -0.15) is 0 Å². The maximum absolute atomic E-state index is 13.5. The first kappa shape index (κ1) is 26.4. The van der Waals surface area contributed by atoms with Gasteiger partial charge in [-0.15, -0.1) is 0 Å². The van der Waals surface area contributed by atoms with Crippen LogP contribution >= 0.6 is 0 Å². The first-order valence-electron chi connectivity index (χ1n) is 11.7. The van der Waals surface area contributed by atoms with E-state index in [9.17, 15) is 22.8 Å². The summed E-state index contributed by atoms with van der Waals surface area (Å²) in [5.41, 5.74) is 1.49. The number of nitrogens with one attached hydrogen (secondary N) is 1. The number of carbonyl (C=O) groups excluding carboxylic acids is 3. The lowest BCUT2D eigenvalue weighted by molar-refractivity contribution is -0.142. The second-order valence-corrected chi connectivity index (χ2v) is 11.6. The van der Waals surface area contributed by atoms with Crippen molar-refractivity contribution in [3.05, 3.63) is 65.2 Å². The molecule has 0 saturated carbocycles. The molecule has 0 saturated heterocycles. The Bertz CT molecular complexity index is 1230. The Morgan fingerprint density at radius 1 is 1.06 bits per heavy atom. The minimum Gasteiger partial charge on any atom is -0.350 e. The van der Waals surface area contributed by atoms with Gasteiger partial charge in [-0.3, -0.25) is 14.4 Å². The van der Waals surface area contributed by atoms with Crippen molar-refractivity contribution < 1.29 is 22.8 Å². The number of hydrogen-bond acceptors (Lipinski definition) is 5. The van der Waals surface area contributed by atoms with Crippen LogP contribution in [0.1, 0.15) is 62.0 Å². The van der Waals surface area contributed by atoms with Gasteiger partial charge in [0.1, 0.15) is 10.9 Å². The third-order valence-corrected chi connectivity index (χ3v) is 7.77. The number of sulfonamides is 1. The van der Waals surface area contributed by atoms with Crippen LogP contribution in [0, 0.1) is 6.92 Å². The zero-order valence-corrected chi connectivity index (χ0v) is 21.7. The first-order valence-corrected chi connectivity index (χ1v) is 13.1. The van der Waals surface area contributed by atoms with E-state index in [4.69, 9.17) is 0 Å². The molecule has 8 nitrogen and oxygen atoms in total. The second-order valence-electron chi connectivity index (χ2n) is 9.74. The number of rotatable bonds is 8. The molecule has 0 aliphatic carbocycles. The molecular weight excluding hydrogens is 466 g/mol. The molecule has 2 aromatic rings. The van der Waals surface area contributed by atoms with Crippen LogP contribution in [0.2, 0.25) is 0 Å². The van der Waals surface area contributed by atoms with Crippen molar-refractivity contribution in [2.45, 2.75) is 70.5 Å². The van der Waals surface area contributed by atoms with Gasteiger partial charge >= 0.3 is 0 Å². The van der Waals surface area contributed by atoms with Gasteiger partial charge in [0, 0.05) is 25.0 Å². The molecule has 1 aliphatic heterocycles. The number of nitrogens with zero attached hydrogens (tertiary/aromatic N) is 2. The van der Waals surface area contributed by atoms with Crippen molar-refractivity contribution in [2.24, 2.45) is 0 Å². The fourth-order valence-electron chi connectivity index (χ4n) is 4.14. The van der Waals surface area contributed by atoms with E-state index in [-0.39, 0.29) is 35.9 Å². The number of hydrogen-bond donors (Lipinski definition) is 1. The van der Waals surface area contributed by atoms with Gasteiger partial charge in [0.05, 0.1) is 5.56 Å². The summed E-state index contributed by atoms with van der Waals surface area (Å²) >= 11 is 0. The Morgan fingerprint density at radius 2 is 1.69 bits per heavy atom. The summed E-state index contributed by atoms with van der Waals surface area (Å²) in [6.45, 7) is 9.27. The van der Waals surface area contributed by atoms with Crippen LogP contribution in [-0.4, -0.2) is 53.5 Å². The summed E-state index contributed by atoms with van der Waals surface area (Å²) < 4.78 is 26.5. The molecule has 1 heterocycles. The summed E-state index contributed by atoms with van der Waals surface area (Å²) in [6, 6.07) is 12.9. The Labute approximate surface area is 207 Å². The van der Waals surface area contributed by atoms with Gasteiger partial charge < -0.3 is 10.2 Å². The highest BCUT2D eigenvalue weighted by Crippen LogP contribution is 2.30. The fourth-order valence-corrected chi connectivity index (χ4v) is 5.71. The monoisotopic (exact) mass is 499 g/mol. The van der Waals surface area contributed by atoms with Gasteiger partial charge in [-0.25, -0.2) is 12.7 Å². The molecular formula is C26H33N3O5S. The van der Waals surface area contributed by atoms with Gasteiger partial charge in [-0.1, -0.05) is 43.3 Å². The number of carbonyl (C=O) groups is 3. The summed E-state index contributed by atoms with van der Waals surface area (Å²) in [4.78, 5) is 40.8. The Balaban J connectivity index is 1.86. The molecule has 35 heavy (non-hydrogen) atoms. The molecule has 9 heteroatoms. The molecule has 1 N–H and O–H groups in total. The van der Waals surface area contributed by atoms with E-state index in [1.54, 1.807) is 12.1 Å². The SMILES string of the molecule is CC[C@H](C(=O)NC(C)(C)C)N(Cc1ccccc1C)C(=O)CCN1C(=O)c2ccccc2S1(=O)=O. The van der Waals surface area contributed by atoms with Gasteiger partial charge in [0.25, 0.3) is 15.9 Å². The summed E-state index contributed by atoms with van der Waals surface area (Å²) in [7, 11) is -4.01. The molecule has 0 aromatic heterocycles. The molecule has 0 unspecified atom stereocenters. The highest BCUT2D eigenvalue weighted by atomic mass is 32.2. The van der Waals surface area contributed by atoms with Gasteiger partial charge in [0.2, 0.25) is 11.8 Å². The standard InChI is InChI=1S/C26H33N3O5S/c1-6-21(24(31)27-26(3,4)5)28(17-19-12-8-7-11-18(19)2)23(30)15-16-29-25(32)20-13-9-10-14-22(20)35(29,33)34/h7-14,21H,6,15-17H2,1-5H3,(H,27,31)/t21-/m1/s1. The molecule has 188 valence electrons. The normalized spacial score (nSPS) is 15.5. The van der Waals surface area contributed by atoms with Crippen LogP contribution in [0.3, 0.4) is 0 Å². The summed E-state index contributed by atoms with van der Waals surface area (Å²) in [5.74, 6) is -1.32. The van der Waals surface area contributed by atoms with Crippen LogP contribution in [0.15, 0.2) is 53.4 Å². The lowest BCUT2D eigenvalue weighted by atomic mass is 10.0. The Morgan fingerprint density at radius 3 is 2.29 bits per heavy atom. The van der Waals surface area contributed by atoms with Crippen LogP contribution in [0.4, 0.5) is 0 Å². The number of aryl methyl sites for hydroxylation is 1. The molecule has 0 spiro atoms. The smallest absolute Gasteiger partial charge is 0.269 e. The molecule has 3 amide bonds. The quantitative estimate of drug-likeness (QED) is 0.601. The molecule has 3 rings (SSSR count). The third kappa shape index (κ3) is 5.73. The minimum atomic E-state index is -4.01. The largest absolute Gasteiger partial charge is 0.350 e. The van der Waals surface area contributed by atoms with Crippen molar-refractivity contribution in [3.8, 4) is 0 Å². The third-order valence-electron chi connectivity index (χ3n) is 5.93. The zero-order valence-electron chi connectivity index (χ0n) is 20.9. The molecule has 1 atom stereocenters. The highest BCUT2D eigenvalue weighted by Gasteiger charge is 2.41.